The Morgan fingerprint density at radius 2 is 1.80 bits per heavy atom. The molecule has 0 bridgehead atoms. The number of ether oxygens (including phenoxy) is 2. The van der Waals surface area contributed by atoms with Crippen molar-refractivity contribution in [3.63, 3.8) is 0 Å². The Balaban J connectivity index is 2.20. The van der Waals surface area contributed by atoms with Gasteiger partial charge in [-0.05, 0) is 50.1 Å². The second-order valence-corrected chi connectivity index (χ2v) is 4.97. The molecule has 0 saturated carbocycles. The first kappa shape index (κ1) is 14.3. The van der Waals surface area contributed by atoms with Crippen molar-refractivity contribution in [2.45, 2.75) is 33.3 Å². The second kappa shape index (κ2) is 6.33. The zero-order chi connectivity index (χ0) is 14.5. The lowest BCUT2D eigenvalue weighted by molar-refractivity contribution is 0.243. The van der Waals surface area contributed by atoms with Crippen LogP contribution >= 0.6 is 0 Å². The Kier molecular flexibility index (Phi) is 4.51. The predicted octanol–water partition coefficient (Wildman–Crippen LogP) is 4.41. The normalized spacial score (nSPS) is 10.6. The summed E-state index contributed by atoms with van der Waals surface area (Å²) < 4.78 is 11.5. The summed E-state index contributed by atoms with van der Waals surface area (Å²) >= 11 is 0. The van der Waals surface area contributed by atoms with Gasteiger partial charge in [-0.3, -0.25) is 0 Å². The zero-order valence-corrected chi connectivity index (χ0v) is 12.2. The molecule has 0 aliphatic heterocycles. The number of rotatable bonds is 5. The maximum Gasteiger partial charge on any atom is 0.146 e. The molecular weight excluding hydrogens is 250 g/mol. The largest absolute Gasteiger partial charge is 0.489 e. The van der Waals surface area contributed by atoms with Crippen molar-refractivity contribution in [3.8, 4) is 17.2 Å². The zero-order valence-electron chi connectivity index (χ0n) is 12.2. The molecule has 3 nitrogen and oxygen atoms in total. The first-order valence-corrected chi connectivity index (χ1v) is 6.91. The molecule has 2 aromatic carbocycles. The van der Waals surface area contributed by atoms with Crippen LogP contribution in [0, 0.1) is 0 Å². The van der Waals surface area contributed by atoms with Crippen molar-refractivity contribution in [1.82, 2.24) is 0 Å². The smallest absolute Gasteiger partial charge is 0.146 e. The van der Waals surface area contributed by atoms with Crippen LogP contribution in [0.3, 0.4) is 0 Å². The van der Waals surface area contributed by atoms with Crippen molar-refractivity contribution >= 4 is 5.69 Å². The van der Waals surface area contributed by atoms with E-state index in [1.807, 2.05) is 44.2 Å². The molecule has 0 spiro atoms. The first-order valence-electron chi connectivity index (χ1n) is 6.91. The van der Waals surface area contributed by atoms with Gasteiger partial charge in [0.25, 0.3) is 0 Å². The van der Waals surface area contributed by atoms with E-state index >= 15 is 0 Å². The Morgan fingerprint density at radius 3 is 2.50 bits per heavy atom. The monoisotopic (exact) mass is 271 g/mol. The average Bonchev–Trinajstić information content (AvgIpc) is 2.42. The number of benzene rings is 2. The molecule has 106 valence electrons. The highest BCUT2D eigenvalue weighted by atomic mass is 16.5. The molecule has 0 radical (unpaired) electrons. The topological polar surface area (TPSA) is 44.5 Å². The number of anilines is 1. The minimum Gasteiger partial charge on any atom is -0.489 e. The van der Waals surface area contributed by atoms with E-state index in [9.17, 15) is 0 Å². The molecule has 2 rings (SSSR count). The lowest BCUT2D eigenvalue weighted by atomic mass is 10.2. The fourth-order valence-electron chi connectivity index (χ4n) is 1.90. The highest BCUT2D eigenvalue weighted by Gasteiger charge is 2.06. The van der Waals surface area contributed by atoms with Crippen LogP contribution in [0.15, 0.2) is 42.5 Å². The van der Waals surface area contributed by atoms with Crippen LogP contribution in [0.5, 0.6) is 17.2 Å². The lowest BCUT2D eigenvalue weighted by Crippen LogP contribution is -2.07. The number of nitrogens with two attached hydrogens (primary N) is 1. The fourth-order valence-corrected chi connectivity index (χ4v) is 1.90. The molecule has 0 heterocycles. The maximum absolute atomic E-state index is 5.90. The Labute approximate surface area is 120 Å². The van der Waals surface area contributed by atoms with Gasteiger partial charge in [-0.15, -0.1) is 0 Å². The highest BCUT2D eigenvalue weighted by Crippen LogP contribution is 2.31. The summed E-state index contributed by atoms with van der Waals surface area (Å²) in [6.45, 7) is 6.06. The van der Waals surface area contributed by atoms with E-state index in [1.165, 1.54) is 5.56 Å². The Hall–Kier alpha value is -2.16. The summed E-state index contributed by atoms with van der Waals surface area (Å²) in [6.07, 6.45) is 1.07. The molecule has 3 heteroatoms. The van der Waals surface area contributed by atoms with E-state index in [0.717, 1.165) is 17.9 Å². The van der Waals surface area contributed by atoms with Gasteiger partial charge in [0.15, 0.2) is 0 Å². The molecule has 0 unspecified atom stereocenters. The fraction of sp³-hybridized carbons (Fsp3) is 0.294. The SMILES string of the molecule is CCc1cccc(Oc2ccc(N)c(OC(C)C)c2)c1. The third kappa shape index (κ3) is 3.67. The molecule has 0 aliphatic carbocycles. The average molecular weight is 271 g/mol. The standard InChI is InChI=1S/C17H21NO2/c1-4-13-6-5-7-14(10-13)20-15-8-9-16(18)17(11-15)19-12(2)3/h5-12H,4,18H2,1-3H3. The van der Waals surface area contributed by atoms with E-state index in [1.54, 1.807) is 6.07 Å². The van der Waals surface area contributed by atoms with Gasteiger partial charge in [0, 0.05) is 6.07 Å². The molecule has 0 amide bonds. The van der Waals surface area contributed by atoms with E-state index in [4.69, 9.17) is 15.2 Å². The number of hydrogen-bond acceptors (Lipinski definition) is 3. The summed E-state index contributed by atoms with van der Waals surface area (Å²) in [5.41, 5.74) is 7.76. The van der Waals surface area contributed by atoms with Crippen LogP contribution in [0.4, 0.5) is 5.69 Å². The van der Waals surface area contributed by atoms with E-state index in [0.29, 0.717) is 11.4 Å². The maximum atomic E-state index is 5.90. The van der Waals surface area contributed by atoms with E-state index < -0.39 is 0 Å². The van der Waals surface area contributed by atoms with Crippen LogP contribution in [0.2, 0.25) is 0 Å². The number of hydrogen-bond donors (Lipinski definition) is 1. The predicted molar refractivity (Wildman–Crippen MR) is 82.5 cm³/mol. The van der Waals surface area contributed by atoms with Gasteiger partial charge in [-0.1, -0.05) is 19.1 Å². The van der Waals surface area contributed by atoms with Crippen molar-refractivity contribution < 1.29 is 9.47 Å². The van der Waals surface area contributed by atoms with Crippen molar-refractivity contribution in [3.05, 3.63) is 48.0 Å². The molecule has 0 aliphatic rings. The van der Waals surface area contributed by atoms with Gasteiger partial charge >= 0.3 is 0 Å². The number of nitrogen functional groups attached to an aromatic ring is 1. The summed E-state index contributed by atoms with van der Waals surface area (Å²) in [4.78, 5) is 0. The summed E-state index contributed by atoms with van der Waals surface area (Å²) in [5.74, 6) is 2.21. The van der Waals surface area contributed by atoms with Crippen LogP contribution in [0.25, 0.3) is 0 Å². The lowest BCUT2D eigenvalue weighted by Gasteiger charge is -2.14. The van der Waals surface area contributed by atoms with Crippen LogP contribution < -0.4 is 15.2 Å². The third-order valence-corrected chi connectivity index (χ3v) is 2.89. The molecule has 0 aromatic heterocycles. The Bertz CT molecular complexity index is 579. The molecule has 2 N–H and O–H groups in total. The van der Waals surface area contributed by atoms with Crippen LogP contribution in [-0.4, -0.2) is 6.10 Å². The molecule has 0 atom stereocenters. The third-order valence-electron chi connectivity index (χ3n) is 2.89. The van der Waals surface area contributed by atoms with Gasteiger partial charge < -0.3 is 15.2 Å². The molecule has 20 heavy (non-hydrogen) atoms. The quantitative estimate of drug-likeness (QED) is 0.819. The van der Waals surface area contributed by atoms with Gasteiger partial charge in [-0.25, -0.2) is 0 Å². The minimum absolute atomic E-state index is 0.0796. The van der Waals surface area contributed by atoms with E-state index in [-0.39, 0.29) is 6.10 Å². The van der Waals surface area contributed by atoms with Crippen molar-refractivity contribution in [2.75, 3.05) is 5.73 Å². The van der Waals surface area contributed by atoms with Crippen molar-refractivity contribution in [1.29, 1.82) is 0 Å². The second-order valence-electron chi connectivity index (χ2n) is 4.97. The molecular formula is C17H21NO2. The van der Waals surface area contributed by atoms with Gasteiger partial charge in [0.05, 0.1) is 11.8 Å². The Morgan fingerprint density at radius 1 is 1.05 bits per heavy atom. The van der Waals surface area contributed by atoms with Gasteiger partial charge in [0.1, 0.15) is 17.2 Å². The first-order chi connectivity index (χ1) is 9.58. The van der Waals surface area contributed by atoms with Crippen molar-refractivity contribution in [2.24, 2.45) is 0 Å². The highest BCUT2D eigenvalue weighted by molar-refractivity contribution is 5.56. The van der Waals surface area contributed by atoms with Gasteiger partial charge in [-0.2, -0.15) is 0 Å². The summed E-state index contributed by atoms with van der Waals surface area (Å²) in [5, 5.41) is 0. The minimum atomic E-state index is 0.0796. The number of aryl methyl sites for hydroxylation is 1. The molecule has 0 fully saturated rings. The summed E-state index contributed by atoms with van der Waals surface area (Å²) in [7, 11) is 0. The van der Waals surface area contributed by atoms with E-state index in [2.05, 4.69) is 13.0 Å². The molecule has 0 saturated heterocycles. The summed E-state index contributed by atoms with van der Waals surface area (Å²) in [6, 6.07) is 13.5. The van der Waals surface area contributed by atoms with Crippen LogP contribution in [-0.2, 0) is 6.42 Å². The van der Waals surface area contributed by atoms with Crippen LogP contribution in [0.1, 0.15) is 26.3 Å². The van der Waals surface area contributed by atoms with Gasteiger partial charge in [0.2, 0.25) is 0 Å². The molecule has 2 aromatic rings.